The Kier molecular flexibility index (Phi) is 2.42. The van der Waals surface area contributed by atoms with E-state index in [1.54, 1.807) is 0 Å². The third kappa shape index (κ3) is 1.43. The number of carbonyl (C=O) groups is 1. The summed E-state index contributed by atoms with van der Waals surface area (Å²) in [5.74, 6) is 0.516. The summed E-state index contributed by atoms with van der Waals surface area (Å²) < 4.78 is 6.17. The van der Waals surface area contributed by atoms with Gasteiger partial charge in [-0.25, -0.2) is 4.79 Å². The maximum atomic E-state index is 11.2. The molecule has 13 heavy (non-hydrogen) atoms. The van der Waals surface area contributed by atoms with Crippen molar-refractivity contribution < 1.29 is 9.53 Å². The second-order valence-electron chi connectivity index (χ2n) is 4.02. The number of halogens is 1. The van der Waals surface area contributed by atoms with Crippen LogP contribution in [0, 0.1) is 5.92 Å². The van der Waals surface area contributed by atoms with Gasteiger partial charge >= 0.3 is 6.09 Å². The first kappa shape index (κ1) is 9.55. The van der Waals surface area contributed by atoms with Crippen molar-refractivity contribution in [3.63, 3.8) is 0 Å². The Morgan fingerprint density at radius 2 is 2.54 bits per heavy atom. The first-order chi connectivity index (χ1) is 6.18. The number of fused-ring (bicyclic) bond motifs is 1. The number of carbonyl (C=O) groups excluding carboxylic acids is 1. The van der Waals surface area contributed by atoms with Gasteiger partial charge in [0, 0.05) is 10.3 Å². The Morgan fingerprint density at radius 3 is 3.23 bits per heavy atom. The van der Waals surface area contributed by atoms with E-state index in [-0.39, 0.29) is 17.7 Å². The van der Waals surface area contributed by atoms with Crippen LogP contribution in [0.5, 0.6) is 0 Å². The number of ether oxygens (including phenoxy) is 1. The number of alkyl halides is 1. The second-order valence-corrected chi connectivity index (χ2v) is 4.79. The average Bonchev–Trinajstić information content (AvgIpc) is 2.48. The van der Waals surface area contributed by atoms with Crippen LogP contribution in [0.1, 0.15) is 26.2 Å². The number of hydrogen-bond acceptors (Lipinski definition) is 2. The summed E-state index contributed by atoms with van der Waals surface area (Å²) in [5, 5.41) is 3.00. The van der Waals surface area contributed by atoms with Crippen LogP contribution in [0.15, 0.2) is 0 Å². The van der Waals surface area contributed by atoms with Crippen molar-refractivity contribution >= 4 is 28.7 Å². The van der Waals surface area contributed by atoms with E-state index >= 15 is 0 Å². The fraction of sp³-hybridized carbons (Fsp3) is 0.889. The van der Waals surface area contributed by atoms with Gasteiger partial charge in [-0.15, -0.1) is 0 Å². The Bertz CT molecular complexity index is 234. The van der Waals surface area contributed by atoms with Crippen LogP contribution in [0.4, 0.5) is 4.79 Å². The van der Waals surface area contributed by atoms with Gasteiger partial charge in [0.1, 0.15) is 6.10 Å². The number of amides is 1. The zero-order valence-corrected chi connectivity index (χ0v) is 9.84. The highest BCUT2D eigenvalue weighted by molar-refractivity contribution is 14.1. The van der Waals surface area contributed by atoms with E-state index in [2.05, 4.69) is 27.9 Å². The molecule has 0 aromatic rings. The topological polar surface area (TPSA) is 38.3 Å². The predicted octanol–water partition coefficient (Wildman–Crippen LogP) is 2.09. The van der Waals surface area contributed by atoms with E-state index in [4.69, 9.17) is 4.74 Å². The lowest BCUT2D eigenvalue weighted by Crippen LogP contribution is -2.60. The minimum atomic E-state index is -0.234. The van der Waals surface area contributed by atoms with Crippen molar-refractivity contribution in [2.24, 2.45) is 5.92 Å². The average molecular weight is 295 g/mol. The Labute approximate surface area is 91.7 Å². The molecule has 1 saturated carbocycles. The van der Waals surface area contributed by atoms with E-state index in [1.807, 2.05) is 6.92 Å². The molecule has 2 aliphatic rings. The van der Waals surface area contributed by atoms with Crippen LogP contribution >= 0.6 is 22.6 Å². The van der Waals surface area contributed by atoms with Gasteiger partial charge in [-0.05, 0) is 19.8 Å². The molecule has 0 bridgehead atoms. The van der Waals surface area contributed by atoms with Crippen molar-refractivity contribution in [2.75, 3.05) is 4.43 Å². The number of cyclic esters (lactones) is 1. The molecule has 1 heterocycles. The summed E-state index contributed by atoms with van der Waals surface area (Å²) in [6.07, 6.45) is 3.36. The first-order valence-corrected chi connectivity index (χ1v) is 6.25. The molecule has 2 fully saturated rings. The van der Waals surface area contributed by atoms with Crippen LogP contribution in [0.25, 0.3) is 0 Å². The van der Waals surface area contributed by atoms with Gasteiger partial charge in [0.2, 0.25) is 0 Å². The molecular formula is C9H14INO2. The second kappa shape index (κ2) is 3.29. The van der Waals surface area contributed by atoms with Crippen LogP contribution in [-0.4, -0.2) is 22.2 Å². The minimum absolute atomic E-state index is 0.0370. The fourth-order valence-electron chi connectivity index (χ4n) is 2.62. The van der Waals surface area contributed by atoms with E-state index in [1.165, 1.54) is 12.8 Å². The zero-order chi connectivity index (χ0) is 9.47. The van der Waals surface area contributed by atoms with Gasteiger partial charge in [-0.3, -0.25) is 0 Å². The monoisotopic (exact) mass is 295 g/mol. The molecule has 1 aliphatic carbocycles. The van der Waals surface area contributed by atoms with E-state index in [9.17, 15) is 4.79 Å². The highest BCUT2D eigenvalue weighted by atomic mass is 127. The smallest absolute Gasteiger partial charge is 0.407 e. The summed E-state index contributed by atoms with van der Waals surface area (Å²) in [7, 11) is 0. The standard InChI is InChI=1S/C9H14INO2/c1-6-7-3-2-4-9(7,5-10)11-8(12)13-6/h6-7H,2-5H2,1H3,(H,11,12)/t6-,7-,9+/m1/s1. The molecular weight excluding hydrogens is 281 g/mol. The highest BCUT2D eigenvalue weighted by Gasteiger charge is 2.50. The lowest BCUT2D eigenvalue weighted by molar-refractivity contribution is 0.0108. The maximum Gasteiger partial charge on any atom is 0.407 e. The molecule has 74 valence electrons. The molecule has 1 saturated heterocycles. The largest absolute Gasteiger partial charge is 0.446 e. The summed E-state index contributed by atoms with van der Waals surface area (Å²) in [6, 6.07) is 0. The maximum absolute atomic E-state index is 11.2. The third-order valence-electron chi connectivity index (χ3n) is 3.30. The van der Waals surface area contributed by atoms with Gasteiger partial charge in [-0.1, -0.05) is 29.0 Å². The van der Waals surface area contributed by atoms with E-state index in [0.29, 0.717) is 5.92 Å². The van der Waals surface area contributed by atoms with Crippen LogP contribution in [-0.2, 0) is 4.74 Å². The van der Waals surface area contributed by atoms with Gasteiger partial charge < -0.3 is 10.1 Å². The van der Waals surface area contributed by atoms with Crippen molar-refractivity contribution in [3.8, 4) is 0 Å². The van der Waals surface area contributed by atoms with Crippen molar-refractivity contribution in [2.45, 2.75) is 37.8 Å². The SMILES string of the molecule is C[C@H]1OC(=O)N[C@]2(CI)CCC[C@H]12. The Morgan fingerprint density at radius 1 is 1.77 bits per heavy atom. The van der Waals surface area contributed by atoms with Crippen molar-refractivity contribution in [1.82, 2.24) is 5.32 Å². The molecule has 0 radical (unpaired) electrons. The molecule has 4 heteroatoms. The normalized spacial score (nSPS) is 43.7. The van der Waals surface area contributed by atoms with Crippen molar-refractivity contribution in [3.05, 3.63) is 0 Å². The highest BCUT2D eigenvalue weighted by Crippen LogP contribution is 2.42. The van der Waals surface area contributed by atoms with Gasteiger partial charge in [0.25, 0.3) is 0 Å². The minimum Gasteiger partial charge on any atom is -0.446 e. The van der Waals surface area contributed by atoms with Crippen molar-refractivity contribution in [1.29, 1.82) is 0 Å². The molecule has 0 unspecified atom stereocenters. The Balaban J connectivity index is 2.24. The summed E-state index contributed by atoms with van der Waals surface area (Å²) in [5.41, 5.74) is 0.0370. The molecule has 2 rings (SSSR count). The summed E-state index contributed by atoms with van der Waals surface area (Å²) in [4.78, 5) is 11.2. The van der Waals surface area contributed by atoms with Crippen LogP contribution < -0.4 is 5.32 Å². The third-order valence-corrected chi connectivity index (χ3v) is 4.66. The number of hydrogen-bond donors (Lipinski definition) is 1. The molecule has 1 N–H and O–H groups in total. The lowest BCUT2D eigenvalue weighted by atomic mass is 9.84. The number of alkyl carbamates (subject to hydrolysis) is 1. The fourth-order valence-corrected chi connectivity index (χ4v) is 3.76. The molecule has 0 aromatic carbocycles. The first-order valence-electron chi connectivity index (χ1n) is 4.73. The van der Waals surface area contributed by atoms with Crippen LogP contribution in [0.2, 0.25) is 0 Å². The van der Waals surface area contributed by atoms with Gasteiger partial charge in [-0.2, -0.15) is 0 Å². The number of nitrogens with one attached hydrogen (secondary N) is 1. The molecule has 0 aromatic heterocycles. The van der Waals surface area contributed by atoms with E-state index < -0.39 is 0 Å². The molecule has 0 spiro atoms. The van der Waals surface area contributed by atoms with E-state index in [0.717, 1.165) is 10.8 Å². The summed E-state index contributed by atoms with van der Waals surface area (Å²) in [6.45, 7) is 2.01. The number of rotatable bonds is 1. The zero-order valence-electron chi connectivity index (χ0n) is 7.68. The molecule has 3 nitrogen and oxygen atoms in total. The predicted molar refractivity (Wildman–Crippen MR) is 58.0 cm³/mol. The molecule has 3 atom stereocenters. The molecule has 1 amide bonds. The molecule has 1 aliphatic heterocycles. The van der Waals surface area contributed by atoms with Gasteiger partial charge in [0.15, 0.2) is 0 Å². The quantitative estimate of drug-likeness (QED) is 0.594. The summed E-state index contributed by atoms with van der Waals surface area (Å²) >= 11 is 2.36. The van der Waals surface area contributed by atoms with Gasteiger partial charge in [0.05, 0.1) is 5.54 Å². The van der Waals surface area contributed by atoms with Crippen LogP contribution in [0.3, 0.4) is 0 Å². The lowest BCUT2D eigenvalue weighted by Gasteiger charge is -2.42. The Hall–Kier alpha value is 0.